The maximum Gasteiger partial charge on any atom is 0.202 e. The largest absolute Gasteiger partial charge is 0.373 e. The third kappa shape index (κ3) is 1.92. The smallest absolute Gasteiger partial charge is 0.202 e. The molecule has 0 saturated heterocycles. The molecule has 0 aliphatic heterocycles. The number of methoxy groups -OCH3 is 1. The van der Waals surface area contributed by atoms with Gasteiger partial charge in [-0.1, -0.05) is 6.92 Å². The van der Waals surface area contributed by atoms with Crippen LogP contribution in [0.15, 0.2) is 0 Å². The lowest BCUT2D eigenvalue weighted by molar-refractivity contribution is 0.0937. The lowest BCUT2D eigenvalue weighted by atomic mass is 10.3. The molecule has 1 rings (SSSR count). The molecule has 5 heteroatoms. The fraction of sp³-hybridized carbons (Fsp3) is 0.714. The van der Waals surface area contributed by atoms with Gasteiger partial charge in [0.05, 0.1) is 0 Å². The Labute approximate surface area is 76.1 Å². The first-order chi connectivity index (χ1) is 5.81. The van der Waals surface area contributed by atoms with Gasteiger partial charge >= 0.3 is 0 Å². The number of nitrogens with one attached hydrogen (secondary N) is 1. The van der Waals surface area contributed by atoms with Gasteiger partial charge in [-0.25, -0.2) is 4.98 Å². The fourth-order valence-corrected chi connectivity index (χ4v) is 1.49. The van der Waals surface area contributed by atoms with Gasteiger partial charge in [-0.15, -0.1) is 0 Å². The minimum atomic E-state index is 0.0309. The van der Waals surface area contributed by atoms with Crippen LogP contribution in [-0.2, 0) is 4.74 Å². The highest BCUT2D eigenvalue weighted by Gasteiger charge is 2.13. The number of rotatable bonds is 4. The maximum atomic E-state index is 5.20. The van der Waals surface area contributed by atoms with E-state index in [1.807, 2.05) is 14.0 Å². The monoisotopic (exact) mass is 187 g/mol. The Morgan fingerprint density at radius 2 is 2.42 bits per heavy atom. The number of ether oxygens (including phenoxy) is 1. The van der Waals surface area contributed by atoms with Crippen LogP contribution in [0.2, 0.25) is 0 Å². The summed E-state index contributed by atoms with van der Waals surface area (Å²) in [6.45, 7) is 2.05. The Hall–Kier alpha value is -0.680. The van der Waals surface area contributed by atoms with E-state index in [1.54, 1.807) is 7.11 Å². The Morgan fingerprint density at radius 1 is 1.67 bits per heavy atom. The quantitative estimate of drug-likeness (QED) is 0.779. The zero-order chi connectivity index (χ0) is 8.97. The van der Waals surface area contributed by atoms with Gasteiger partial charge in [0.2, 0.25) is 5.13 Å². The first-order valence-corrected chi connectivity index (χ1v) is 4.63. The second kappa shape index (κ2) is 4.37. The molecule has 1 heterocycles. The molecule has 0 amide bonds. The van der Waals surface area contributed by atoms with Gasteiger partial charge in [-0.3, -0.25) is 0 Å². The molecule has 0 saturated carbocycles. The van der Waals surface area contributed by atoms with E-state index < -0.39 is 0 Å². The second-order valence-electron chi connectivity index (χ2n) is 2.34. The number of hydrogen-bond acceptors (Lipinski definition) is 5. The molecule has 4 nitrogen and oxygen atoms in total. The van der Waals surface area contributed by atoms with Crippen LogP contribution in [-0.4, -0.2) is 23.5 Å². The zero-order valence-corrected chi connectivity index (χ0v) is 8.31. The highest BCUT2D eigenvalue weighted by molar-refractivity contribution is 7.09. The van der Waals surface area contributed by atoms with Crippen molar-refractivity contribution in [3.8, 4) is 0 Å². The number of anilines is 1. The van der Waals surface area contributed by atoms with E-state index in [0.29, 0.717) is 0 Å². The van der Waals surface area contributed by atoms with Crippen LogP contribution in [0, 0.1) is 0 Å². The molecular weight excluding hydrogens is 174 g/mol. The summed E-state index contributed by atoms with van der Waals surface area (Å²) in [7, 11) is 3.51. The minimum absolute atomic E-state index is 0.0309. The third-order valence-corrected chi connectivity index (χ3v) is 2.35. The topological polar surface area (TPSA) is 47.0 Å². The van der Waals surface area contributed by atoms with Crippen LogP contribution in [0.3, 0.4) is 0 Å². The summed E-state index contributed by atoms with van der Waals surface area (Å²) in [4.78, 5) is 4.24. The molecular formula is C7H13N3OS. The van der Waals surface area contributed by atoms with Crippen LogP contribution in [0.4, 0.5) is 5.13 Å². The van der Waals surface area contributed by atoms with Gasteiger partial charge in [0.25, 0.3) is 0 Å². The average molecular weight is 187 g/mol. The Balaban J connectivity index is 2.72. The minimum Gasteiger partial charge on any atom is -0.373 e. The van der Waals surface area contributed by atoms with Crippen molar-refractivity contribution >= 4 is 16.7 Å². The molecule has 1 N–H and O–H groups in total. The highest BCUT2D eigenvalue weighted by atomic mass is 32.1. The SMILES string of the molecule is CCC(OC)c1nsc(NC)n1. The maximum absolute atomic E-state index is 5.20. The van der Waals surface area contributed by atoms with Crippen molar-refractivity contribution < 1.29 is 4.74 Å². The van der Waals surface area contributed by atoms with E-state index in [9.17, 15) is 0 Å². The zero-order valence-electron chi connectivity index (χ0n) is 7.50. The van der Waals surface area contributed by atoms with Gasteiger partial charge in [0.1, 0.15) is 6.10 Å². The van der Waals surface area contributed by atoms with Crippen LogP contribution in [0.25, 0.3) is 0 Å². The standard InChI is InChI=1S/C7H13N3OS/c1-4-5(11-3)6-9-7(8-2)12-10-6/h5H,4H2,1-3H3,(H,8,9,10). The van der Waals surface area contributed by atoms with E-state index >= 15 is 0 Å². The van der Waals surface area contributed by atoms with Gasteiger partial charge in [0, 0.05) is 25.7 Å². The summed E-state index contributed by atoms with van der Waals surface area (Å²) >= 11 is 1.36. The van der Waals surface area contributed by atoms with Crippen molar-refractivity contribution in [2.45, 2.75) is 19.4 Å². The average Bonchev–Trinajstić information content (AvgIpc) is 2.55. The first kappa shape index (κ1) is 9.41. The molecule has 0 aromatic carbocycles. The molecule has 0 spiro atoms. The second-order valence-corrected chi connectivity index (χ2v) is 3.09. The van der Waals surface area contributed by atoms with E-state index in [2.05, 4.69) is 14.7 Å². The number of nitrogens with zero attached hydrogens (tertiary/aromatic N) is 2. The van der Waals surface area contributed by atoms with Crippen molar-refractivity contribution in [2.75, 3.05) is 19.5 Å². The van der Waals surface area contributed by atoms with Crippen molar-refractivity contribution in [2.24, 2.45) is 0 Å². The predicted octanol–water partition coefficient (Wildman–Crippen LogP) is 1.68. The molecule has 1 aromatic rings. The van der Waals surface area contributed by atoms with E-state index in [-0.39, 0.29) is 6.10 Å². The van der Waals surface area contributed by atoms with Gasteiger partial charge in [0.15, 0.2) is 5.82 Å². The summed E-state index contributed by atoms with van der Waals surface area (Å²) in [6, 6.07) is 0. The predicted molar refractivity (Wildman–Crippen MR) is 49.5 cm³/mol. The summed E-state index contributed by atoms with van der Waals surface area (Å²) in [5.41, 5.74) is 0. The van der Waals surface area contributed by atoms with Gasteiger partial charge < -0.3 is 10.1 Å². The van der Waals surface area contributed by atoms with Crippen molar-refractivity contribution in [3.63, 3.8) is 0 Å². The Kier molecular flexibility index (Phi) is 3.43. The molecule has 0 aliphatic carbocycles. The van der Waals surface area contributed by atoms with Crippen LogP contribution < -0.4 is 5.32 Å². The van der Waals surface area contributed by atoms with Gasteiger partial charge in [-0.05, 0) is 6.42 Å². The Bertz CT molecular complexity index is 234. The lowest BCUT2D eigenvalue weighted by Crippen LogP contribution is -2.01. The fourth-order valence-electron chi connectivity index (χ4n) is 0.922. The normalized spacial score (nSPS) is 12.9. The Morgan fingerprint density at radius 3 is 2.83 bits per heavy atom. The van der Waals surface area contributed by atoms with E-state index in [1.165, 1.54) is 11.5 Å². The van der Waals surface area contributed by atoms with Crippen molar-refractivity contribution in [1.82, 2.24) is 9.36 Å². The molecule has 1 atom stereocenters. The molecule has 0 radical (unpaired) electrons. The molecule has 1 unspecified atom stereocenters. The highest BCUT2D eigenvalue weighted by Crippen LogP contribution is 2.20. The molecule has 0 bridgehead atoms. The summed E-state index contributed by atoms with van der Waals surface area (Å²) in [5, 5.41) is 3.77. The first-order valence-electron chi connectivity index (χ1n) is 3.86. The molecule has 1 aromatic heterocycles. The van der Waals surface area contributed by atoms with E-state index in [4.69, 9.17) is 4.74 Å². The van der Waals surface area contributed by atoms with Gasteiger partial charge in [-0.2, -0.15) is 4.37 Å². The third-order valence-electron chi connectivity index (χ3n) is 1.60. The summed E-state index contributed by atoms with van der Waals surface area (Å²) in [5.74, 6) is 0.773. The molecule has 12 heavy (non-hydrogen) atoms. The summed E-state index contributed by atoms with van der Waals surface area (Å²) < 4.78 is 9.37. The molecule has 0 fully saturated rings. The summed E-state index contributed by atoms with van der Waals surface area (Å²) in [6.07, 6.45) is 0.930. The van der Waals surface area contributed by atoms with E-state index in [0.717, 1.165) is 17.4 Å². The number of hydrogen-bond donors (Lipinski definition) is 1. The lowest BCUT2D eigenvalue weighted by Gasteiger charge is -2.06. The van der Waals surface area contributed by atoms with Crippen molar-refractivity contribution in [1.29, 1.82) is 0 Å². The number of aromatic nitrogens is 2. The van der Waals surface area contributed by atoms with Crippen molar-refractivity contribution in [3.05, 3.63) is 5.82 Å². The van der Waals surface area contributed by atoms with Crippen LogP contribution in [0.1, 0.15) is 25.3 Å². The van der Waals surface area contributed by atoms with Crippen LogP contribution >= 0.6 is 11.5 Å². The molecule has 0 aliphatic rings. The van der Waals surface area contributed by atoms with Crippen LogP contribution in [0.5, 0.6) is 0 Å². The molecule has 68 valence electrons.